The van der Waals surface area contributed by atoms with E-state index in [0.29, 0.717) is 18.4 Å². The number of nitrogens with two attached hydrogens (primary N) is 1. The van der Waals surface area contributed by atoms with Gasteiger partial charge in [0.25, 0.3) is 0 Å². The molecule has 2 N–H and O–H groups in total. The van der Waals surface area contributed by atoms with E-state index in [9.17, 15) is 4.79 Å². The molecule has 1 heterocycles. The van der Waals surface area contributed by atoms with Crippen LogP contribution in [-0.4, -0.2) is 30.9 Å². The fourth-order valence-electron chi connectivity index (χ4n) is 3.39. The molecule has 2 rings (SSSR count). The summed E-state index contributed by atoms with van der Waals surface area (Å²) in [4.78, 5) is 16.6. The van der Waals surface area contributed by atoms with Gasteiger partial charge in [-0.05, 0) is 25.7 Å². The molecule has 102 valence electrons. The molecule has 0 spiro atoms. The minimum absolute atomic E-state index is 0.0461. The highest BCUT2D eigenvalue weighted by Gasteiger charge is 2.50. The third-order valence-electron chi connectivity index (χ3n) is 4.50. The van der Waals surface area contributed by atoms with Gasteiger partial charge in [-0.2, -0.15) is 0 Å². The number of hydrogen-bond acceptors (Lipinski definition) is 4. The maximum atomic E-state index is 12.0. The average Bonchev–Trinajstić information content (AvgIpc) is 2.90. The lowest BCUT2D eigenvalue weighted by atomic mass is 9.83. The zero-order valence-electron chi connectivity index (χ0n) is 11.6. The van der Waals surface area contributed by atoms with Crippen molar-refractivity contribution in [2.45, 2.75) is 39.7 Å². The second kappa shape index (κ2) is 5.39. The number of nitrogens with zero attached hydrogens (tertiary/aromatic N) is 1. The maximum Gasteiger partial charge on any atom is 0.309 e. The van der Waals surface area contributed by atoms with E-state index in [1.807, 2.05) is 6.92 Å². The largest absolute Gasteiger partial charge is 0.466 e. The van der Waals surface area contributed by atoms with Crippen molar-refractivity contribution < 1.29 is 9.53 Å². The molecule has 0 aromatic carbocycles. The van der Waals surface area contributed by atoms with Crippen molar-refractivity contribution in [2.24, 2.45) is 34.4 Å². The van der Waals surface area contributed by atoms with Crippen molar-refractivity contribution in [1.29, 1.82) is 0 Å². The van der Waals surface area contributed by atoms with Gasteiger partial charge in [0.05, 0.1) is 12.5 Å². The zero-order valence-corrected chi connectivity index (χ0v) is 11.6. The van der Waals surface area contributed by atoms with Gasteiger partial charge in [-0.25, -0.2) is 0 Å². The van der Waals surface area contributed by atoms with Crippen LogP contribution in [0.25, 0.3) is 0 Å². The molecule has 5 unspecified atom stereocenters. The molecule has 5 atom stereocenters. The molecular weight excluding hydrogens is 228 g/mol. The molecule has 1 aliphatic carbocycles. The van der Waals surface area contributed by atoms with E-state index in [1.165, 1.54) is 5.71 Å². The number of ether oxygens (including phenoxy) is 1. The fourth-order valence-corrected chi connectivity index (χ4v) is 3.39. The van der Waals surface area contributed by atoms with Gasteiger partial charge in [0.2, 0.25) is 0 Å². The van der Waals surface area contributed by atoms with Crippen LogP contribution in [0.2, 0.25) is 0 Å². The Morgan fingerprint density at radius 3 is 2.89 bits per heavy atom. The van der Waals surface area contributed by atoms with Crippen LogP contribution in [0, 0.1) is 23.7 Å². The van der Waals surface area contributed by atoms with Crippen LogP contribution in [0.15, 0.2) is 4.99 Å². The van der Waals surface area contributed by atoms with Crippen molar-refractivity contribution >= 4 is 11.7 Å². The molecule has 2 aliphatic rings. The number of aliphatic imine (C=N–C) groups is 1. The predicted octanol–water partition coefficient (Wildman–Crippen LogP) is 1.63. The van der Waals surface area contributed by atoms with Gasteiger partial charge in [-0.1, -0.05) is 13.8 Å². The minimum atomic E-state index is -0.0824. The van der Waals surface area contributed by atoms with Crippen LogP contribution in [0.1, 0.15) is 33.6 Å². The molecule has 0 bridgehead atoms. The summed E-state index contributed by atoms with van der Waals surface area (Å²) >= 11 is 0. The number of carbonyl (C=O) groups excluding carboxylic acids is 1. The summed E-state index contributed by atoms with van der Waals surface area (Å²) in [6, 6.07) is 0.0691. The number of hydrogen-bond donors (Lipinski definition) is 1. The summed E-state index contributed by atoms with van der Waals surface area (Å²) in [7, 11) is 0. The van der Waals surface area contributed by atoms with Crippen LogP contribution in [0.3, 0.4) is 0 Å². The van der Waals surface area contributed by atoms with Crippen molar-refractivity contribution in [2.75, 3.05) is 13.2 Å². The first-order valence-corrected chi connectivity index (χ1v) is 7.06. The van der Waals surface area contributed by atoms with Gasteiger partial charge in [0.1, 0.15) is 0 Å². The lowest BCUT2D eigenvalue weighted by molar-refractivity contribution is -0.149. The molecule has 0 saturated heterocycles. The van der Waals surface area contributed by atoms with E-state index in [4.69, 9.17) is 10.5 Å². The Morgan fingerprint density at radius 1 is 1.56 bits per heavy atom. The molecule has 18 heavy (non-hydrogen) atoms. The average molecular weight is 252 g/mol. The minimum Gasteiger partial charge on any atom is -0.466 e. The predicted molar refractivity (Wildman–Crippen MR) is 71.5 cm³/mol. The number of carbonyl (C=O) groups is 1. The summed E-state index contributed by atoms with van der Waals surface area (Å²) in [5.41, 5.74) is 7.48. The van der Waals surface area contributed by atoms with Gasteiger partial charge in [-0.3, -0.25) is 9.79 Å². The summed E-state index contributed by atoms with van der Waals surface area (Å²) in [6.45, 7) is 7.41. The number of fused-ring (bicyclic) bond motifs is 1. The fraction of sp³-hybridized carbons (Fsp3) is 0.857. The molecule has 4 heteroatoms. The summed E-state index contributed by atoms with van der Waals surface area (Å²) in [6.07, 6.45) is 1.84. The van der Waals surface area contributed by atoms with E-state index < -0.39 is 0 Å². The first-order chi connectivity index (χ1) is 8.60. The molecule has 0 radical (unpaired) electrons. The highest BCUT2D eigenvalue weighted by molar-refractivity contribution is 5.92. The molecule has 1 fully saturated rings. The second-order valence-corrected chi connectivity index (χ2v) is 5.52. The van der Waals surface area contributed by atoms with E-state index in [-0.39, 0.29) is 23.8 Å². The maximum absolute atomic E-state index is 12.0. The van der Waals surface area contributed by atoms with Gasteiger partial charge in [-0.15, -0.1) is 0 Å². The second-order valence-electron chi connectivity index (χ2n) is 5.52. The zero-order chi connectivity index (χ0) is 13.3. The van der Waals surface area contributed by atoms with Crippen LogP contribution in [0.5, 0.6) is 0 Å². The third kappa shape index (κ3) is 2.18. The Morgan fingerprint density at radius 2 is 2.28 bits per heavy atom. The Hall–Kier alpha value is -0.900. The third-order valence-corrected chi connectivity index (χ3v) is 4.50. The Labute approximate surface area is 109 Å². The van der Waals surface area contributed by atoms with Crippen LogP contribution in [0.4, 0.5) is 0 Å². The lowest BCUT2D eigenvalue weighted by Gasteiger charge is -2.21. The van der Waals surface area contributed by atoms with E-state index in [0.717, 1.165) is 19.4 Å². The summed E-state index contributed by atoms with van der Waals surface area (Å²) in [5, 5.41) is 0. The van der Waals surface area contributed by atoms with E-state index in [1.54, 1.807) is 0 Å². The first kappa shape index (κ1) is 13.5. The summed E-state index contributed by atoms with van der Waals surface area (Å²) < 4.78 is 5.16. The van der Waals surface area contributed by atoms with E-state index in [2.05, 4.69) is 18.8 Å². The summed E-state index contributed by atoms with van der Waals surface area (Å²) in [5.74, 6) is 0.931. The highest BCUT2D eigenvalue weighted by atomic mass is 16.5. The SMILES string of the molecule is CCOC(=O)C1CC(N)C2C(C(C)CC)=NCC12. The standard InChI is InChI=1S/C14H24N2O2/c1-4-8(3)13-12-10(7-16-13)9(6-11(12)15)14(17)18-5-2/h8-12H,4-7,15H2,1-3H3. The first-order valence-electron chi connectivity index (χ1n) is 7.06. The van der Waals surface area contributed by atoms with Gasteiger partial charge >= 0.3 is 5.97 Å². The molecular formula is C14H24N2O2. The van der Waals surface area contributed by atoms with Gasteiger partial charge < -0.3 is 10.5 Å². The molecule has 4 nitrogen and oxygen atoms in total. The molecule has 1 saturated carbocycles. The van der Waals surface area contributed by atoms with Crippen molar-refractivity contribution in [3.63, 3.8) is 0 Å². The Bertz CT molecular complexity index is 354. The van der Waals surface area contributed by atoms with Crippen LogP contribution >= 0.6 is 0 Å². The van der Waals surface area contributed by atoms with Crippen molar-refractivity contribution in [1.82, 2.24) is 0 Å². The molecule has 0 amide bonds. The normalized spacial score (nSPS) is 36.1. The monoisotopic (exact) mass is 252 g/mol. The van der Waals surface area contributed by atoms with Crippen molar-refractivity contribution in [3.8, 4) is 0 Å². The quantitative estimate of drug-likeness (QED) is 0.773. The number of esters is 1. The van der Waals surface area contributed by atoms with Crippen LogP contribution < -0.4 is 5.73 Å². The lowest BCUT2D eigenvalue weighted by Crippen LogP contribution is -2.34. The topological polar surface area (TPSA) is 64.7 Å². The number of rotatable bonds is 4. The van der Waals surface area contributed by atoms with Gasteiger partial charge in [0.15, 0.2) is 0 Å². The highest BCUT2D eigenvalue weighted by Crippen LogP contribution is 2.43. The molecule has 0 aromatic heterocycles. The Kier molecular flexibility index (Phi) is 4.05. The van der Waals surface area contributed by atoms with Crippen LogP contribution in [-0.2, 0) is 9.53 Å². The smallest absolute Gasteiger partial charge is 0.309 e. The van der Waals surface area contributed by atoms with E-state index >= 15 is 0 Å². The molecule has 0 aromatic rings. The molecule has 1 aliphatic heterocycles. The Balaban J connectivity index is 2.11. The van der Waals surface area contributed by atoms with Gasteiger partial charge in [0, 0.05) is 30.1 Å². The van der Waals surface area contributed by atoms with Crippen molar-refractivity contribution in [3.05, 3.63) is 0 Å².